The molecule has 0 saturated carbocycles. The molecule has 2 unspecified atom stereocenters. The molecule has 0 bridgehead atoms. The van der Waals surface area contributed by atoms with Gasteiger partial charge >= 0.3 is 0 Å². The lowest BCUT2D eigenvalue weighted by Crippen LogP contribution is -2.45. The van der Waals surface area contributed by atoms with E-state index >= 15 is 0 Å². The number of aliphatic hydroxyl groups excluding tert-OH is 2. The van der Waals surface area contributed by atoms with Gasteiger partial charge in [0.15, 0.2) is 0 Å². The number of carbonyl (C=O) groups excluding carboxylic acids is 1. The Balaban J connectivity index is 3.47. The fourth-order valence-corrected chi connectivity index (χ4v) is 11.4. The maximum Gasteiger partial charge on any atom is 0.220 e. The molecule has 3 N–H and O–H groups in total. The van der Waals surface area contributed by atoms with Crippen molar-refractivity contribution in [2.24, 2.45) is 0 Å². The highest BCUT2D eigenvalue weighted by Gasteiger charge is 2.20. The smallest absolute Gasteiger partial charge is 0.220 e. The fourth-order valence-electron chi connectivity index (χ4n) is 11.4. The van der Waals surface area contributed by atoms with Gasteiger partial charge in [0.25, 0.3) is 0 Å². The number of allylic oxidation sites excluding steroid dienone is 18. The predicted octanol–water partition coefficient (Wildman–Crippen LogP) is 26.1. The number of rotatable bonds is 69. The number of unbranched alkanes of at least 4 members (excludes halogenated alkanes) is 44. The van der Waals surface area contributed by atoms with Gasteiger partial charge in [0.1, 0.15) is 0 Å². The third kappa shape index (κ3) is 71.7. The summed E-state index contributed by atoms with van der Waals surface area (Å²) in [6, 6.07) is -0.545. The number of amides is 1. The van der Waals surface area contributed by atoms with Gasteiger partial charge in [-0.3, -0.25) is 4.79 Å². The summed E-state index contributed by atoms with van der Waals surface area (Å²) in [6.07, 6.45) is 113. The van der Waals surface area contributed by atoms with Crippen LogP contribution in [-0.4, -0.2) is 34.9 Å². The van der Waals surface area contributed by atoms with Crippen molar-refractivity contribution in [2.45, 2.75) is 392 Å². The average molecular weight is 1180 g/mol. The predicted molar refractivity (Wildman–Crippen MR) is 382 cm³/mol. The van der Waals surface area contributed by atoms with Gasteiger partial charge in [0.2, 0.25) is 5.91 Å². The molecule has 0 heterocycles. The minimum absolute atomic E-state index is 0.0307. The zero-order valence-corrected chi connectivity index (χ0v) is 56.9. The molecule has 0 aromatic carbocycles. The molecule has 85 heavy (non-hydrogen) atoms. The van der Waals surface area contributed by atoms with E-state index < -0.39 is 12.1 Å². The van der Waals surface area contributed by atoms with Crippen molar-refractivity contribution < 1.29 is 15.0 Å². The summed E-state index contributed by atoms with van der Waals surface area (Å²) in [4.78, 5) is 12.6. The zero-order valence-electron chi connectivity index (χ0n) is 56.9. The molecule has 492 valence electrons. The fraction of sp³-hybridized carbons (Fsp3) is 0.765. The quantitative estimate of drug-likeness (QED) is 0.0420. The van der Waals surface area contributed by atoms with Gasteiger partial charge in [-0.1, -0.05) is 399 Å². The molecular formula is C81H145NO3. The van der Waals surface area contributed by atoms with Crippen LogP contribution in [0.15, 0.2) is 109 Å². The molecular weight excluding hydrogens is 1030 g/mol. The van der Waals surface area contributed by atoms with Gasteiger partial charge in [-0.25, -0.2) is 0 Å². The second-order valence-electron chi connectivity index (χ2n) is 25.3. The minimum atomic E-state index is -0.668. The summed E-state index contributed by atoms with van der Waals surface area (Å²) in [5.41, 5.74) is 0. The van der Waals surface area contributed by atoms with E-state index in [0.717, 1.165) is 83.5 Å². The van der Waals surface area contributed by atoms with Crippen LogP contribution < -0.4 is 5.32 Å². The molecule has 0 aliphatic carbocycles. The number of hydrogen-bond acceptors (Lipinski definition) is 3. The van der Waals surface area contributed by atoms with Crippen molar-refractivity contribution in [1.82, 2.24) is 5.32 Å². The highest BCUT2D eigenvalue weighted by molar-refractivity contribution is 5.76. The maximum absolute atomic E-state index is 12.6. The van der Waals surface area contributed by atoms with E-state index in [-0.39, 0.29) is 12.5 Å². The molecule has 0 radical (unpaired) electrons. The first-order chi connectivity index (χ1) is 42.2. The molecule has 2 atom stereocenters. The van der Waals surface area contributed by atoms with Crippen molar-refractivity contribution in [2.75, 3.05) is 6.61 Å². The molecule has 1 amide bonds. The minimum Gasteiger partial charge on any atom is -0.394 e. The van der Waals surface area contributed by atoms with Crippen LogP contribution in [-0.2, 0) is 4.79 Å². The van der Waals surface area contributed by atoms with Crippen LogP contribution in [0.3, 0.4) is 0 Å². The van der Waals surface area contributed by atoms with Gasteiger partial charge in [0, 0.05) is 6.42 Å². The summed E-state index contributed by atoms with van der Waals surface area (Å²) >= 11 is 0. The van der Waals surface area contributed by atoms with E-state index in [1.54, 1.807) is 0 Å². The second-order valence-corrected chi connectivity index (χ2v) is 25.3. The first-order valence-electron chi connectivity index (χ1n) is 37.6. The summed E-state index contributed by atoms with van der Waals surface area (Å²) in [5.74, 6) is -0.0307. The maximum atomic E-state index is 12.6. The Morgan fingerprint density at radius 1 is 0.294 bits per heavy atom. The molecule has 0 aliphatic heterocycles. The van der Waals surface area contributed by atoms with Crippen molar-refractivity contribution in [3.63, 3.8) is 0 Å². The monoisotopic (exact) mass is 1180 g/mol. The van der Waals surface area contributed by atoms with Crippen molar-refractivity contribution >= 4 is 5.91 Å². The molecule has 0 rings (SSSR count). The molecule has 0 aliphatic rings. The normalized spacial score (nSPS) is 13.3. The number of carbonyl (C=O) groups is 1. The van der Waals surface area contributed by atoms with Crippen LogP contribution in [0.25, 0.3) is 0 Å². The van der Waals surface area contributed by atoms with E-state index in [2.05, 4.69) is 129 Å². The Morgan fingerprint density at radius 3 is 0.776 bits per heavy atom. The Labute approximate surface area is 531 Å². The van der Waals surface area contributed by atoms with Crippen LogP contribution >= 0.6 is 0 Å². The summed E-state index contributed by atoms with van der Waals surface area (Å²) in [6.45, 7) is 4.28. The third-order valence-corrected chi connectivity index (χ3v) is 17.0. The number of nitrogens with one attached hydrogen (secondary N) is 1. The first-order valence-corrected chi connectivity index (χ1v) is 37.6. The topological polar surface area (TPSA) is 69.6 Å². The molecule has 0 fully saturated rings. The van der Waals surface area contributed by atoms with E-state index in [1.165, 1.54) is 270 Å². The summed E-state index contributed by atoms with van der Waals surface area (Å²) < 4.78 is 0. The molecule has 0 aromatic heterocycles. The van der Waals surface area contributed by atoms with E-state index in [4.69, 9.17) is 0 Å². The van der Waals surface area contributed by atoms with Gasteiger partial charge in [-0.15, -0.1) is 0 Å². The highest BCUT2D eigenvalue weighted by atomic mass is 16.3. The molecule has 4 nitrogen and oxygen atoms in total. The lowest BCUT2D eigenvalue weighted by molar-refractivity contribution is -0.123. The van der Waals surface area contributed by atoms with Gasteiger partial charge < -0.3 is 15.5 Å². The largest absolute Gasteiger partial charge is 0.394 e. The Bertz CT molecular complexity index is 1580. The van der Waals surface area contributed by atoms with E-state index in [9.17, 15) is 15.0 Å². The van der Waals surface area contributed by atoms with Crippen molar-refractivity contribution in [1.29, 1.82) is 0 Å². The third-order valence-electron chi connectivity index (χ3n) is 17.0. The van der Waals surface area contributed by atoms with Gasteiger partial charge in [-0.2, -0.15) is 0 Å². The van der Waals surface area contributed by atoms with Crippen LogP contribution in [0.5, 0.6) is 0 Å². The van der Waals surface area contributed by atoms with E-state index in [0.29, 0.717) is 12.8 Å². The Kier molecular flexibility index (Phi) is 72.7. The second kappa shape index (κ2) is 75.3. The SMILES string of the molecule is CC/C=C\C/C=C\C/C=C\C/C=C\C/C=C\C/C=C\C/C=C\C/C=C\C/C=C\CCCCCCCCCCCCCCCC(=O)NC(CO)C(O)CCCCCCCCCCCCCCCCCCCCCCCCCCCCCCCCCC. The van der Waals surface area contributed by atoms with Crippen LogP contribution in [0.2, 0.25) is 0 Å². The molecule has 0 spiro atoms. The van der Waals surface area contributed by atoms with Crippen LogP contribution in [0.4, 0.5) is 0 Å². The molecule has 0 saturated heterocycles. The first kappa shape index (κ1) is 82.0. The van der Waals surface area contributed by atoms with Crippen LogP contribution in [0, 0.1) is 0 Å². The standard InChI is InChI=1S/C81H145NO3/c1-3-5-7-9-11-13-15-17-19-21-23-25-27-29-31-33-35-37-38-39-40-41-42-43-44-45-47-49-51-53-55-57-59-61-63-65-67-69-71-73-75-77-81(85)82-79(78-83)80(84)76-74-72-70-68-66-64-62-60-58-56-54-52-50-48-46-36-34-32-30-28-26-24-22-20-18-16-14-12-10-8-6-4-2/h5,7,11,13,17,19,23,25,29,31,35,37,39-40,42-43,45,47,79-80,83-84H,3-4,6,8-10,12,14-16,18,20-22,24,26-28,30,32-34,36,38,41,44,46,48-78H2,1-2H3,(H,82,85)/b7-5-,13-11-,19-17-,25-23-,31-29-,37-35-,40-39-,43-42-,47-45-. The lowest BCUT2D eigenvalue weighted by atomic mass is 10.0. The Hall–Kier alpha value is -2.95. The zero-order chi connectivity index (χ0) is 61.2. The summed E-state index contributed by atoms with van der Waals surface area (Å²) in [5, 5.41) is 23.5. The average Bonchev–Trinajstić information content (AvgIpc) is 3.51. The van der Waals surface area contributed by atoms with Crippen molar-refractivity contribution in [3.05, 3.63) is 109 Å². The van der Waals surface area contributed by atoms with Gasteiger partial charge in [-0.05, 0) is 83.5 Å². The summed E-state index contributed by atoms with van der Waals surface area (Å²) in [7, 11) is 0. The van der Waals surface area contributed by atoms with Crippen molar-refractivity contribution in [3.8, 4) is 0 Å². The number of aliphatic hydroxyl groups is 2. The Morgan fingerprint density at radius 2 is 0.518 bits per heavy atom. The molecule has 0 aromatic rings. The van der Waals surface area contributed by atoms with Crippen LogP contribution in [0.1, 0.15) is 380 Å². The highest BCUT2D eigenvalue weighted by Crippen LogP contribution is 2.19. The molecule has 4 heteroatoms. The van der Waals surface area contributed by atoms with Gasteiger partial charge in [0.05, 0.1) is 18.8 Å². The number of hydrogen-bond donors (Lipinski definition) is 3. The van der Waals surface area contributed by atoms with E-state index in [1.807, 2.05) is 0 Å². The lowest BCUT2D eigenvalue weighted by Gasteiger charge is -2.22.